The van der Waals surface area contributed by atoms with E-state index < -0.39 is 0 Å². The number of benzene rings is 1. The van der Waals surface area contributed by atoms with Crippen molar-refractivity contribution >= 4 is 17.7 Å². The van der Waals surface area contributed by atoms with Crippen LogP contribution in [-0.4, -0.2) is 24.0 Å². The number of nitrogens with one attached hydrogen (secondary N) is 1. The molecule has 16 heavy (non-hydrogen) atoms. The Morgan fingerprint density at radius 1 is 1.56 bits per heavy atom. The van der Waals surface area contributed by atoms with Gasteiger partial charge in [0.15, 0.2) is 0 Å². The average molecular weight is 238 g/mol. The van der Waals surface area contributed by atoms with Crippen LogP contribution in [0, 0.1) is 0 Å². The predicted molar refractivity (Wildman–Crippen MR) is 69.6 cm³/mol. The molecule has 1 amide bonds. The third-order valence-corrected chi connectivity index (χ3v) is 3.35. The van der Waals surface area contributed by atoms with Gasteiger partial charge < -0.3 is 11.1 Å². The van der Waals surface area contributed by atoms with E-state index in [4.69, 9.17) is 5.73 Å². The third-order valence-electron chi connectivity index (χ3n) is 2.37. The van der Waals surface area contributed by atoms with Gasteiger partial charge in [0.05, 0.1) is 0 Å². The molecule has 0 spiro atoms. The van der Waals surface area contributed by atoms with E-state index in [0.29, 0.717) is 10.8 Å². The molecule has 0 radical (unpaired) electrons. The number of hydrogen-bond acceptors (Lipinski definition) is 3. The third kappa shape index (κ3) is 4.24. The van der Waals surface area contributed by atoms with Gasteiger partial charge in [0.1, 0.15) is 0 Å². The summed E-state index contributed by atoms with van der Waals surface area (Å²) in [4.78, 5) is 11.0. The lowest BCUT2D eigenvalue weighted by Gasteiger charge is -2.10. The van der Waals surface area contributed by atoms with Gasteiger partial charge in [-0.15, -0.1) is 0 Å². The summed E-state index contributed by atoms with van der Waals surface area (Å²) in [6.07, 6.45) is 2.10. The van der Waals surface area contributed by atoms with Gasteiger partial charge in [-0.3, -0.25) is 4.79 Å². The van der Waals surface area contributed by atoms with Gasteiger partial charge in [-0.05, 0) is 24.0 Å². The number of rotatable bonds is 6. The van der Waals surface area contributed by atoms with Crippen molar-refractivity contribution in [1.82, 2.24) is 5.32 Å². The highest BCUT2D eigenvalue weighted by molar-refractivity contribution is 7.99. The highest BCUT2D eigenvalue weighted by atomic mass is 32.2. The van der Waals surface area contributed by atoms with Gasteiger partial charge in [0.2, 0.25) is 5.91 Å². The van der Waals surface area contributed by atoms with Crippen LogP contribution in [0.2, 0.25) is 0 Å². The van der Waals surface area contributed by atoms with Gasteiger partial charge in [0.25, 0.3) is 0 Å². The van der Waals surface area contributed by atoms with Gasteiger partial charge in [-0.1, -0.05) is 19.1 Å². The lowest BCUT2D eigenvalue weighted by Crippen LogP contribution is -2.22. The molecule has 0 saturated carbocycles. The van der Waals surface area contributed by atoms with Crippen molar-refractivity contribution in [3.05, 3.63) is 35.4 Å². The van der Waals surface area contributed by atoms with Gasteiger partial charge in [-0.2, -0.15) is 11.8 Å². The molecule has 0 heterocycles. The van der Waals surface area contributed by atoms with E-state index in [1.165, 1.54) is 0 Å². The van der Waals surface area contributed by atoms with E-state index in [1.807, 2.05) is 30.0 Å². The summed E-state index contributed by atoms with van der Waals surface area (Å²) in [5, 5.41) is 3.94. The minimum Gasteiger partial charge on any atom is -0.366 e. The van der Waals surface area contributed by atoms with Gasteiger partial charge in [0, 0.05) is 23.9 Å². The maximum atomic E-state index is 11.0. The van der Waals surface area contributed by atoms with Crippen LogP contribution < -0.4 is 11.1 Å². The second-order valence-electron chi connectivity index (χ2n) is 3.74. The molecule has 0 aliphatic carbocycles. The Morgan fingerprint density at radius 2 is 2.31 bits per heavy atom. The quantitative estimate of drug-likeness (QED) is 0.792. The zero-order valence-corrected chi connectivity index (χ0v) is 10.5. The fourth-order valence-electron chi connectivity index (χ4n) is 1.34. The summed E-state index contributed by atoms with van der Waals surface area (Å²) in [5.74, 6) is -0.376. The number of nitrogens with two attached hydrogens (primary N) is 1. The minimum atomic E-state index is -0.376. The Morgan fingerprint density at radius 3 is 2.94 bits per heavy atom. The molecule has 1 aromatic rings. The number of thioether (sulfide) groups is 1. The molecule has 0 bridgehead atoms. The Labute approximate surface area is 101 Å². The number of primary amides is 1. The molecule has 0 saturated heterocycles. The van der Waals surface area contributed by atoms with Crippen molar-refractivity contribution in [2.24, 2.45) is 5.73 Å². The van der Waals surface area contributed by atoms with Crippen molar-refractivity contribution < 1.29 is 4.79 Å². The van der Waals surface area contributed by atoms with Crippen molar-refractivity contribution in [2.45, 2.75) is 18.7 Å². The standard InChI is InChI=1S/C12H18N2OS/c1-9(16-2)7-14-8-10-4-3-5-11(6-10)12(13)15/h3-6,9,14H,7-8H2,1-2H3,(H2,13,15). The maximum Gasteiger partial charge on any atom is 0.248 e. The molecule has 0 aliphatic heterocycles. The van der Waals surface area contributed by atoms with Crippen molar-refractivity contribution in [3.8, 4) is 0 Å². The van der Waals surface area contributed by atoms with Crippen molar-refractivity contribution in [3.63, 3.8) is 0 Å². The molecule has 1 unspecified atom stereocenters. The first kappa shape index (κ1) is 13.1. The second-order valence-corrected chi connectivity index (χ2v) is 5.02. The molecule has 1 atom stereocenters. The first-order valence-electron chi connectivity index (χ1n) is 5.25. The van der Waals surface area contributed by atoms with Crippen LogP contribution in [0.1, 0.15) is 22.8 Å². The van der Waals surface area contributed by atoms with Crippen molar-refractivity contribution in [1.29, 1.82) is 0 Å². The van der Waals surface area contributed by atoms with Crippen LogP contribution in [0.5, 0.6) is 0 Å². The average Bonchev–Trinajstić information content (AvgIpc) is 2.29. The lowest BCUT2D eigenvalue weighted by atomic mass is 10.1. The van der Waals surface area contributed by atoms with E-state index in [1.54, 1.807) is 6.07 Å². The Hall–Kier alpha value is -1.00. The summed E-state index contributed by atoms with van der Waals surface area (Å²) >= 11 is 1.83. The molecule has 0 aromatic heterocycles. The first-order valence-corrected chi connectivity index (χ1v) is 6.54. The van der Waals surface area contributed by atoms with Crippen LogP contribution in [0.4, 0.5) is 0 Å². The number of carbonyl (C=O) groups is 1. The first-order chi connectivity index (χ1) is 7.63. The maximum absolute atomic E-state index is 11.0. The van der Waals surface area contributed by atoms with E-state index >= 15 is 0 Å². The Kier molecular flexibility index (Phi) is 5.35. The van der Waals surface area contributed by atoms with Crippen LogP contribution in [-0.2, 0) is 6.54 Å². The normalized spacial score (nSPS) is 12.4. The summed E-state index contributed by atoms with van der Waals surface area (Å²) in [5.41, 5.74) is 6.87. The zero-order chi connectivity index (χ0) is 12.0. The molecule has 3 N–H and O–H groups in total. The summed E-state index contributed by atoms with van der Waals surface area (Å²) < 4.78 is 0. The molecule has 88 valence electrons. The largest absolute Gasteiger partial charge is 0.366 e. The SMILES string of the molecule is CSC(C)CNCc1cccc(C(N)=O)c1. The minimum absolute atomic E-state index is 0.376. The summed E-state index contributed by atoms with van der Waals surface area (Å²) in [7, 11) is 0. The van der Waals surface area contributed by atoms with Crippen LogP contribution >= 0.6 is 11.8 Å². The van der Waals surface area contributed by atoms with Gasteiger partial charge >= 0.3 is 0 Å². The van der Waals surface area contributed by atoms with Crippen LogP contribution in [0.25, 0.3) is 0 Å². The fraction of sp³-hybridized carbons (Fsp3) is 0.417. The number of carbonyl (C=O) groups excluding carboxylic acids is 1. The fourth-order valence-corrected chi connectivity index (χ4v) is 1.62. The predicted octanol–water partition coefficient (Wildman–Crippen LogP) is 1.63. The highest BCUT2D eigenvalue weighted by Gasteiger charge is 2.02. The molecule has 4 heteroatoms. The van der Waals surface area contributed by atoms with Gasteiger partial charge in [-0.25, -0.2) is 0 Å². The van der Waals surface area contributed by atoms with E-state index in [9.17, 15) is 4.79 Å². The number of hydrogen-bond donors (Lipinski definition) is 2. The molecule has 3 nitrogen and oxygen atoms in total. The molecular formula is C12H18N2OS. The number of amides is 1. The van der Waals surface area contributed by atoms with Crippen LogP contribution in [0.3, 0.4) is 0 Å². The van der Waals surface area contributed by atoms with E-state index in [-0.39, 0.29) is 5.91 Å². The molecule has 0 aliphatic rings. The summed E-state index contributed by atoms with van der Waals surface area (Å²) in [6.45, 7) is 3.91. The Bertz CT molecular complexity index is 355. The molecule has 0 fully saturated rings. The molecule has 1 rings (SSSR count). The Balaban J connectivity index is 2.48. The topological polar surface area (TPSA) is 55.1 Å². The molecule has 1 aromatic carbocycles. The van der Waals surface area contributed by atoms with Crippen molar-refractivity contribution in [2.75, 3.05) is 12.8 Å². The van der Waals surface area contributed by atoms with E-state index in [2.05, 4.69) is 18.5 Å². The smallest absolute Gasteiger partial charge is 0.248 e. The highest BCUT2D eigenvalue weighted by Crippen LogP contribution is 2.06. The van der Waals surface area contributed by atoms with E-state index in [0.717, 1.165) is 18.7 Å². The molecular weight excluding hydrogens is 220 g/mol. The summed E-state index contributed by atoms with van der Waals surface area (Å²) in [6, 6.07) is 7.41. The monoisotopic (exact) mass is 238 g/mol. The van der Waals surface area contributed by atoms with Crippen LogP contribution in [0.15, 0.2) is 24.3 Å². The zero-order valence-electron chi connectivity index (χ0n) is 9.69. The second kappa shape index (κ2) is 6.55. The lowest BCUT2D eigenvalue weighted by molar-refractivity contribution is 0.1000.